The summed E-state index contributed by atoms with van der Waals surface area (Å²) in [6.45, 7) is 2.34. The van der Waals surface area contributed by atoms with Gasteiger partial charge in [0.25, 0.3) is 0 Å². The molecule has 0 spiro atoms. The molecular weight excluding hydrogens is 477 g/mol. The Morgan fingerprint density at radius 3 is 2.62 bits per heavy atom. The molecule has 0 bridgehead atoms. The van der Waals surface area contributed by atoms with Gasteiger partial charge in [0, 0.05) is 5.56 Å². The molecule has 0 aliphatic heterocycles. The summed E-state index contributed by atoms with van der Waals surface area (Å²) >= 11 is 3.48. The second kappa shape index (κ2) is 10.6. The third kappa shape index (κ3) is 5.54. The first kappa shape index (κ1) is 23.0. The SMILES string of the molecule is CCOc1cc(C=C(C#N)c2ccccc2F)cc(Br)c1OCc1cccc(C(=O)O)c1. The van der Waals surface area contributed by atoms with Crippen LogP contribution in [-0.2, 0) is 6.61 Å². The van der Waals surface area contributed by atoms with Crippen molar-refractivity contribution in [1.82, 2.24) is 0 Å². The van der Waals surface area contributed by atoms with Crippen LogP contribution in [0.15, 0.2) is 65.1 Å². The van der Waals surface area contributed by atoms with Gasteiger partial charge in [0.1, 0.15) is 12.4 Å². The van der Waals surface area contributed by atoms with Gasteiger partial charge in [0.05, 0.1) is 28.3 Å². The molecule has 0 heterocycles. The number of allylic oxidation sites excluding steroid dienone is 1. The molecule has 7 heteroatoms. The number of carboxylic acids is 1. The van der Waals surface area contributed by atoms with Crippen molar-refractivity contribution in [3.8, 4) is 17.6 Å². The zero-order valence-electron chi connectivity index (χ0n) is 17.1. The second-order valence-electron chi connectivity index (χ2n) is 6.71. The summed E-state index contributed by atoms with van der Waals surface area (Å²) < 4.78 is 26.3. The molecule has 32 heavy (non-hydrogen) atoms. The van der Waals surface area contributed by atoms with E-state index in [1.54, 1.807) is 54.6 Å². The molecule has 5 nitrogen and oxygen atoms in total. The highest BCUT2D eigenvalue weighted by atomic mass is 79.9. The van der Waals surface area contributed by atoms with E-state index in [9.17, 15) is 14.4 Å². The molecule has 0 radical (unpaired) electrons. The first-order valence-corrected chi connectivity index (χ1v) is 10.5. The molecule has 0 amide bonds. The molecule has 3 rings (SSSR count). The third-order valence-electron chi connectivity index (χ3n) is 4.48. The Kier molecular flexibility index (Phi) is 7.63. The molecule has 0 aliphatic rings. The molecule has 0 saturated heterocycles. The van der Waals surface area contributed by atoms with E-state index in [1.807, 2.05) is 13.0 Å². The molecule has 0 fully saturated rings. The maximum absolute atomic E-state index is 14.1. The van der Waals surface area contributed by atoms with Crippen LogP contribution in [0.5, 0.6) is 11.5 Å². The van der Waals surface area contributed by atoms with Crippen LogP contribution in [0.2, 0.25) is 0 Å². The van der Waals surface area contributed by atoms with E-state index in [0.717, 1.165) is 0 Å². The second-order valence-corrected chi connectivity index (χ2v) is 7.56. The molecule has 3 aromatic rings. The summed E-state index contributed by atoms with van der Waals surface area (Å²) in [5, 5.41) is 18.7. The fraction of sp³-hybridized carbons (Fsp3) is 0.120. The maximum atomic E-state index is 14.1. The Morgan fingerprint density at radius 2 is 1.94 bits per heavy atom. The van der Waals surface area contributed by atoms with Crippen molar-refractivity contribution in [3.63, 3.8) is 0 Å². The van der Waals surface area contributed by atoms with E-state index >= 15 is 0 Å². The number of halogens is 2. The zero-order valence-corrected chi connectivity index (χ0v) is 18.7. The van der Waals surface area contributed by atoms with Crippen molar-refractivity contribution >= 4 is 33.5 Å². The topological polar surface area (TPSA) is 79.5 Å². The Bertz CT molecular complexity index is 1220. The summed E-state index contributed by atoms with van der Waals surface area (Å²) in [6.07, 6.45) is 1.58. The van der Waals surface area contributed by atoms with Gasteiger partial charge in [-0.1, -0.05) is 30.3 Å². The van der Waals surface area contributed by atoms with Gasteiger partial charge in [-0.15, -0.1) is 0 Å². The Labute approximate surface area is 193 Å². The van der Waals surface area contributed by atoms with Crippen LogP contribution in [0.25, 0.3) is 11.6 Å². The average Bonchev–Trinajstić information content (AvgIpc) is 2.78. The molecule has 3 aromatic carbocycles. The largest absolute Gasteiger partial charge is 0.490 e. The first-order chi connectivity index (χ1) is 15.4. The maximum Gasteiger partial charge on any atom is 0.335 e. The monoisotopic (exact) mass is 495 g/mol. The number of benzene rings is 3. The molecule has 162 valence electrons. The molecule has 0 aromatic heterocycles. The number of carboxylic acid groups (broad SMARTS) is 1. The molecule has 0 atom stereocenters. The molecular formula is C25H19BrFNO4. The summed E-state index contributed by atoms with van der Waals surface area (Å²) in [4.78, 5) is 11.2. The third-order valence-corrected chi connectivity index (χ3v) is 5.07. The van der Waals surface area contributed by atoms with Gasteiger partial charge in [-0.2, -0.15) is 5.26 Å². The highest BCUT2D eigenvalue weighted by Gasteiger charge is 2.14. The number of aromatic carboxylic acids is 1. The highest BCUT2D eigenvalue weighted by molar-refractivity contribution is 9.10. The lowest BCUT2D eigenvalue weighted by Gasteiger charge is -2.15. The van der Waals surface area contributed by atoms with Crippen LogP contribution in [0.1, 0.15) is 34.0 Å². The average molecular weight is 496 g/mol. The minimum absolute atomic E-state index is 0.133. The van der Waals surface area contributed by atoms with Crippen LogP contribution in [0, 0.1) is 17.1 Å². The standard InChI is InChI=1S/C25H19BrFNO4/c1-2-31-23-13-17(11-19(14-28)20-8-3-4-9-22(20)27)12-21(26)24(23)32-15-16-6-5-7-18(10-16)25(29)30/h3-13H,2,15H2,1H3,(H,29,30). The minimum atomic E-state index is -1.01. The lowest BCUT2D eigenvalue weighted by atomic mass is 10.0. The van der Waals surface area contributed by atoms with Crippen molar-refractivity contribution in [2.45, 2.75) is 13.5 Å². The van der Waals surface area contributed by atoms with Gasteiger partial charge in [0.2, 0.25) is 0 Å². The van der Waals surface area contributed by atoms with Crippen LogP contribution in [0.4, 0.5) is 4.39 Å². The summed E-state index contributed by atoms with van der Waals surface area (Å²) in [5.41, 5.74) is 1.88. The van der Waals surface area contributed by atoms with Gasteiger partial charge in [-0.3, -0.25) is 0 Å². The first-order valence-electron chi connectivity index (χ1n) is 9.71. The van der Waals surface area contributed by atoms with E-state index in [-0.39, 0.29) is 23.3 Å². The van der Waals surface area contributed by atoms with Crippen LogP contribution in [-0.4, -0.2) is 17.7 Å². The lowest BCUT2D eigenvalue weighted by molar-refractivity contribution is 0.0696. The van der Waals surface area contributed by atoms with Crippen molar-refractivity contribution in [2.75, 3.05) is 6.61 Å². The highest BCUT2D eigenvalue weighted by Crippen LogP contribution is 2.38. The van der Waals surface area contributed by atoms with E-state index in [0.29, 0.717) is 33.7 Å². The fourth-order valence-electron chi connectivity index (χ4n) is 3.04. The number of hydrogen-bond acceptors (Lipinski definition) is 4. The number of rotatable bonds is 8. The molecule has 0 aliphatic carbocycles. The summed E-state index contributed by atoms with van der Waals surface area (Å²) in [7, 11) is 0. The van der Waals surface area contributed by atoms with E-state index < -0.39 is 11.8 Å². The predicted molar refractivity (Wildman–Crippen MR) is 123 cm³/mol. The minimum Gasteiger partial charge on any atom is -0.490 e. The Morgan fingerprint density at radius 1 is 1.16 bits per heavy atom. The van der Waals surface area contributed by atoms with Gasteiger partial charge in [-0.05, 0) is 70.4 Å². The Balaban J connectivity index is 1.93. The van der Waals surface area contributed by atoms with Gasteiger partial charge in [0.15, 0.2) is 11.5 Å². The van der Waals surface area contributed by atoms with Crippen molar-refractivity contribution in [1.29, 1.82) is 5.26 Å². The van der Waals surface area contributed by atoms with Crippen LogP contribution >= 0.6 is 15.9 Å². The number of ether oxygens (including phenoxy) is 2. The fourth-order valence-corrected chi connectivity index (χ4v) is 3.61. The lowest BCUT2D eigenvalue weighted by Crippen LogP contribution is -2.03. The van der Waals surface area contributed by atoms with Crippen molar-refractivity contribution < 1.29 is 23.8 Å². The smallest absolute Gasteiger partial charge is 0.335 e. The zero-order chi connectivity index (χ0) is 23.1. The normalized spacial score (nSPS) is 11.0. The molecule has 0 unspecified atom stereocenters. The predicted octanol–water partition coefficient (Wildman–Crippen LogP) is 6.33. The van der Waals surface area contributed by atoms with Gasteiger partial charge in [-0.25, -0.2) is 9.18 Å². The van der Waals surface area contributed by atoms with Crippen LogP contribution in [0.3, 0.4) is 0 Å². The van der Waals surface area contributed by atoms with E-state index in [2.05, 4.69) is 15.9 Å². The van der Waals surface area contributed by atoms with Gasteiger partial charge < -0.3 is 14.6 Å². The van der Waals surface area contributed by atoms with E-state index in [1.165, 1.54) is 12.1 Å². The summed E-state index contributed by atoms with van der Waals surface area (Å²) in [6, 6.07) is 18.0. The number of hydrogen-bond donors (Lipinski definition) is 1. The number of nitrogens with zero attached hydrogens (tertiary/aromatic N) is 1. The van der Waals surface area contributed by atoms with Crippen LogP contribution < -0.4 is 9.47 Å². The number of nitriles is 1. The van der Waals surface area contributed by atoms with Gasteiger partial charge >= 0.3 is 5.97 Å². The van der Waals surface area contributed by atoms with Crippen molar-refractivity contribution in [2.24, 2.45) is 0 Å². The Hall–Kier alpha value is -3.63. The number of carbonyl (C=O) groups is 1. The quantitative estimate of drug-likeness (QED) is 0.291. The summed E-state index contributed by atoms with van der Waals surface area (Å²) in [5.74, 6) is -0.613. The van der Waals surface area contributed by atoms with E-state index in [4.69, 9.17) is 14.6 Å². The van der Waals surface area contributed by atoms with Crippen molar-refractivity contribution in [3.05, 3.63) is 93.2 Å². The molecule has 0 saturated carbocycles. The molecule has 1 N–H and O–H groups in total.